The number of hydrogen-bond acceptors (Lipinski definition) is 4. The normalized spacial score (nSPS) is 20.4. The molecule has 0 spiro atoms. The Morgan fingerprint density at radius 2 is 1.91 bits per heavy atom. The molecule has 0 bridgehead atoms. The summed E-state index contributed by atoms with van der Waals surface area (Å²) in [6.07, 6.45) is 2.95. The molecule has 0 N–H and O–H groups in total. The van der Waals surface area contributed by atoms with Gasteiger partial charge in [-0.05, 0) is 17.7 Å². The van der Waals surface area contributed by atoms with E-state index in [1.807, 2.05) is 24.3 Å². The Kier molecular flexibility index (Phi) is 4.00. The van der Waals surface area contributed by atoms with Gasteiger partial charge in [0.2, 0.25) is 0 Å². The fraction of sp³-hybridized carbons (Fsp3) is 0.176. The lowest BCUT2D eigenvalue weighted by molar-refractivity contribution is 0.592. The Morgan fingerprint density at radius 3 is 2.57 bits per heavy atom. The van der Waals surface area contributed by atoms with Crippen LogP contribution in [0.2, 0.25) is 0 Å². The first kappa shape index (κ1) is 16.1. The van der Waals surface area contributed by atoms with Crippen molar-refractivity contribution in [3.8, 4) is 0 Å². The van der Waals surface area contributed by atoms with Crippen LogP contribution in [0.3, 0.4) is 0 Å². The summed E-state index contributed by atoms with van der Waals surface area (Å²) in [6, 6.07) is 12.5. The highest BCUT2D eigenvalue weighted by molar-refractivity contribution is 7.93. The molecule has 3 rings (SSSR count). The van der Waals surface area contributed by atoms with Crippen molar-refractivity contribution in [3.05, 3.63) is 66.2 Å². The molecule has 1 aliphatic rings. The van der Waals surface area contributed by atoms with Gasteiger partial charge in [0.1, 0.15) is 11.4 Å². The summed E-state index contributed by atoms with van der Waals surface area (Å²) in [6.45, 7) is 3.91. The molecule has 2 aromatic carbocycles. The zero-order chi connectivity index (χ0) is 16.8. The van der Waals surface area contributed by atoms with Gasteiger partial charge in [0, 0.05) is 23.8 Å². The summed E-state index contributed by atoms with van der Waals surface area (Å²) in [7, 11) is -1.61. The van der Waals surface area contributed by atoms with E-state index in [2.05, 4.69) is 6.58 Å². The van der Waals surface area contributed by atoms with E-state index in [4.69, 9.17) is 0 Å². The summed E-state index contributed by atoms with van der Waals surface area (Å²) in [5.74, 6) is -0.135. The fourth-order valence-corrected chi connectivity index (χ4v) is 4.84. The summed E-state index contributed by atoms with van der Waals surface area (Å²) < 4.78 is 38.3. The van der Waals surface area contributed by atoms with E-state index in [0.29, 0.717) is 4.90 Å². The summed E-state index contributed by atoms with van der Waals surface area (Å²) in [5.41, 5.74) is 2.68. The minimum absolute atomic E-state index is 0.135. The summed E-state index contributed by atoms with van der Waals surface area (Å²) >= 11 is -1.48. The average molecular weight is 347 g/mol. The van der Waals surface area contributed by atoms with E-state index in [-0.39, 0.29) is 10.8 Å². The lowest BCUT2D eigenvalue weighted by atomic mass is 9.90. The molecule has 4 nitrogen and oxygen atoms in total. The molecule has 23 heavy (non-hydrogen) atoms. The first-order valence-electron chi connectivity index (χ1n) is 7.05. The van der Waals surface area contributed by atoms with E-state index in [9.17, 15) is 13.0 Å². The Labute approximate surface area is 139 Å². The lowest BCUT2D eigenvalue weighted by Gasteiger charge is -2.21. The van der Waals surface area contributed by atoms with Crippen molar-refractivity contribution in [1.82, 2.24) is 0 Å². The van der Waals surface area contributed by atoms with Crippen LogP contribution in [0.4, 0.5) is 5.69 Å². The van der Waals surface area contributed by atoms with Crippen LogP contribution in [0.1, 0.15) is 17.0 Å². The molecule has 2 unspecified atom stereocenters. The van der Waals surface area contributed by atoms with Crippen LogP contribution in [0.25, 0.3) is 0 Å². The van der Waals surface area contributed by atoms with Crippen molar-refractivity contribution in [1.29, 1.82) is 0 Å². The van der Waals surface area contributed by atoms with Gasteiger partial charge in [0.15, 0.2) is 14.7 Å². The van der Waals surface area contributed by atoms with Crippen LogP contribution in [-0.4, -0.2) is 26.3 Å². The molecular weight excluding hydrogens is 330 g/mol. The molecule has 0 aliphatic carbocycles. The number of rotatable bonds is 2. The minimum Gasteiger partial charge on any atom is -0.588 e. The van der Waals surface area contributed by atoms with Crippen molar-refractivity contribution in [2.45, 2.75) is 15.7 Å². The molecule has 0 amide bonds. The van der Waals surface area contributed by atoms with Crippen LogP contribution < -0.4 is 4.31 Å². The Hall–Kier alpha value is -1.76. The maximum atomic E-state index is 12.9. The number of allylic oxidation sites excluding steroid dienone is 1. The molecule has 0 fully saturated rings. The van der Waals surface area contributed by atoms with Gasteiger partial charge in [0.25, 0.3) is 0 Å². The van der Waals surface area contributed by atoms with E-state index in [1.165, 1.54) is 6.07 Å². The van der Waals surface area contributed by atoms with Crippen LogP contribution in [0, 0.1) is 0 Å². The Morgan fingerprint density at radius 1 is 1.22 bits per heavy atom. The first-order valence-corrected chi connectivity index (χ1v) is 10.1. The molecule has 1 aliphatic heterocycles. The van der Waals surface area contributed by atoms with Crippen LogP contribution in [-0.2, 0) is 21.2 Å². The zero-order valence-corrected chi connectivity index (χ0v) is 14.5. The third-order valence-electron chi connectivity index (χ3n) is 4.03. The quantitative estimate of drug-likeness (QED) is 0.619. The van der Waals surface area contributed by atoms with Crippen LogP contribution in [0.5, 0.6) is 0 Å². The van der Waals surface area contributed by atoms with Gasteiger partial charge < -0.3 is 4.55 Å². The van der Waals surface area contributed by atoms with Crippen molar-refractivity contribution >= 4 is 26.9 Å². The molecular formula is C17H17NO3S2. The molecule has 0 saturated carbocycles. The highest BCUT2D eigenvalue weighted by Crippen LogP contribution is 2.42. The van der Waals surface area contributed by atoms with Gasteiger partial charge in [-0.3, -0.25) is 0 Å². The van der Waals surface area contributed by atoms with Crippen molar-refractivity contribution in [3.63, 3.8) is 0 Å². The predicted molar refractivity (Wildman–Crippen MR) is 92.8 cm³/mol. The SMILES string of the molecule is C=CC1c2ccccc2N(C)[S+]([O-])c2cc(S(C)(=O)=O)ccc21. The third kappa shape index (κ3) is 2.67. The van der Waals surface area contributed by atoms with E-state index in [1.54, 1.807) is 29.6 Å². The second-order valence-electron chi connectivity index (χ2n) is 5.49. The van der Waals surface area contributed by atoms with Gasteiger partial charge in [-0.15, -0.1) is 6.58 Å². The number of hydrogen-bond donors (Lipinski definition) is 0. The van der Waals surface area contributed by atoms with Gasteiger partial charge in [-0.1, -0.05) is 30.3 Å². The van der Waals surface area contributed by atoms with Crippen molar-refractivity contribution in [2.24, 2.45) is 0 Å². The first-order chi connectivity index (χ1) is 10.8. The van der Waals surface area contributed by atoms with Crippen molar-refractivity contribution in [2.75, 3.05) is 17.6 Å². The molecule has 2 atom stereocenters. The topological polar surface area (TPSA) is 60.4 Å². The number of sulfone groups is 1. The van der Waals surface area contributed by atoms with E-state index >= 15 is 0 Å². The van der Waals surface area contributed by atoms with E-state index in [0.717, 1.165) is 23.1 Å². The fourth-order valence-electron chi connectivity index (χ4n) is 2.85. The maximum absolute atomic E-state index is 12.9. The summed E-state index contributed by atoms with van der Waals surface area (Å²) in [4.78, 5) is 0.684. The van der Waals surface area contributed by atoms with Gasteiger partial charge in [-0.25, -0.2) is 8.42 Å². The molecule has 120 valence electrons. The number of nitrogens with zero attached hydrogens (tertiary/aromatic N) is 1. The number of anilines is 1. The van der Waals surface area contributed by atoms with E-state index < -0.39 is 21.2 Å². The Balaban J connectivity index is 2.30. The second-order valence-corrected chi connectivity index (χ2v) is 8.99. The standard InChI is InChI=1S/C17H17NO3S2/c1-4-13-14-7-5-6-8-16(14)18(2)22(19)17-11-12(23(3,20)21)9-10-15(13)17/h4-11,13H,1H2,2-3H3. The predicted octanol–water partition coefficient (Wildman–Crippen LogP) is 2.88. The van der Waals surface area contributed by atoms with Crippen LogP contribution >= 0.6 is 0 Å². The average Bonchev–Trinajstić information content (AvgIpc) is 2.61. The molecule has 0 radical (unpaired) electrons. The zero-order valence-electron chi connectivity index (χ0n) is 12.9. The highest BCUT2D eigenvalue weighted by Gasteiger charge is 2.34. The van der Waals surface area contributed by atoms with Gasteiger partial charge in [0.05, 0.1) is 17.6 Å². The van der Waals surface area contributed by atoms with Crippen LogP contribution in [0.15, 0.2) is 64.9 Å². The number of benzene rings is 2. The maximum Gasteiger partial charge on any atom is 0.185 e. The lowest BCUT2D eigenvalue weighted by Crippen LogP contribution is -2.26. The van der Waals surface area contributed by atoms with Gasteiger partial charge in [-0.2, -0.15) is 4.31 Å². The smallest absolute Gasteiger partial charge is 0.185 e. The minimum atomic E-state index is -3.36. The van der Waals surface area contributed by atoms with Gasteiger partial charge >= 0.3 is 0 Å². The largest absolute Gasteiger partial charge is 0.588 e. The Bertz CT molecular complexity index is 877. The molecule has 6 heteroatoms. The number of para-hydroxylation sites is 1. The number of fused-ring (bicyclic) bond motifs is 2. The highest BCUT2D eigenvalue weighted by atomic mass is 32.2. The van der Waals surface area contributed by atoms with Crippen molar-refractivity contribution < 1.29 is 13.0 Å². The molecule has 1 heterocycles. The third-order valence-corrected chi connectivity index (χ3v) is 6.57. The molecule has 2 aromatic rings. The molecule has 0 saturated heterocycles. The summed E-state index contributed by atoms with van der Waals surface area (Å²) in [5, 5.41) is 0. The monoisotopic (exact) mass is 347 g/mol. The molecule has 0 aromatic heterocycles. The second kappa shape index (κ2) is 5.70.